The third-order valence-corrected chi connectivity index (χ3v) is 11.0. The van der Waals surface area contributed by atoms with E-state index in [1.165, 1.54) is 244 Å². The first-order valence-corrected chi connectivity index (χ1v) is 23.1. The molecule has 0 aromatic carbocycles. The van der Waals surface area contributed by atoms with Gasteiger partial charge in [-0.25, -0.2) is 0 Å². The molecule has 0 radical (unpaired) electrons. The number of rotatable bonds is 44. The van der Waals surface area contributed by atoms with Gasteiger partial charge in [-0.15, -0.1) is 0 Å². The Labute approximate surface area is 359 Å². The normalized spacial score (nSPS) is 11.4. The van der Waals surface area contributed by atoms with Crippen LogP contribution in [-0.2, 0) is 4.79 Å². The van der Waals surface area contributed by atoms with Gasteiger partial charge in [0.05, 0.1) is 0 Å². The second-order valence-corrected chi connectivity index (χ2v) is 16.0. The van der Waals surface area contributed by atoms with E-state index in [2.05, 4.69) is 18.7 Å². The molecule has 0 N–H and O–H groups in total. The Bertz CT molecular complexity index is 573. The van der Waals surface area contributed by atoms with Gasteiger partial charge in [0.2, 0.25) is 0 Å². The molecule has 50 heavy (non-hydrogen) atoms. The topological polar surface area (TPSA) is 43.4 Å². The standard InChI is InChI=1S/C46H93NO2.K/c1-3-5-7-9-11-13-15-17-19-21-23-25-27-29-31-33-35-37-39-43-47(45-41-42-46(48)49)44-40-38-36-34-32-30-28-26-24-22-20-18-16-14-12-10-8-6-4-2;/h3-45H2,1-2H3,(H,48,49);/q;+1/p-1. The molecule has 0 spiro atoms. The maximum absolute atomic E-state index is 10.9. The monoisotopic (exact) mass is 730 g/mol. The molecule has 0 aliphatic rings. The van der Waals surface area contributed by atoms with E-state index in [0.717, 1.165) is 26.1 Å². The van der Waals surface area contributed by atoms with Gasteiger partial charge < -0.3 is 14.8 Å². The van der Waals surface area contributed by atoms with Crippen LogP contribution in [0, 0.1) is 0 Å². The molecular formula is C46H92KNO2. The number of aliphatic carboxylic acids is 1. The molecule has 0 aromatic rings. The minimum Gasteiger partial charge on any atom is -0.550 e. The van der Waals surface area contributed by atoms with Crippen LogP contribution in [0.5, 0.6) is 0 Å². The van der Waals surface area contributed by atoms with Gasteiger partial charge in [-0.05, 0) is 45.3 Å². The molecule has 0 rings (SSSR count). The Morgan fingerprint density at radius 2 is 0.500 bits per heavy atom. The van der Waals surface area contributed by atoms with Crippen LogP contribution in [0.1, 0.15) is 271 Å². The second kappa shape index (κ2) is 48.1. The Morgan fingerprint density at radius 1 is 0.320 bits per heavy atom. The zero-order chi connectivity index (χ0) is 35.6. The first kappa shape index (κ1) is 53.2. The zero-order valence-corrected chi connectivity index (χ0v) is 38.3. The Hall–Kier alpha value is 1.07. The van der Waals surface area contributed by atoms with Crippen molar-refractivity contribution in [2.24, 2.45) is 0 Å². The molecule has 0 aliphatic heterocycles. The number of hydrogen-bond donors (Lipinski definition) is 0. The van der Waals surface area contributed by atoms with Gasteiger partial charge in [-0.2, -0.15) is 0 Å². The SMILES string of the molecule is CCCCCCCCCCCCCCCCCCCCCN(CCCCCCCCCCCCCCCCCCCCC)CCCC(=O)[O-].[K+]. The third-order valence-electron chi connectivity index (χ3n) is 11.0. The summed E-state index contributed by atoms with van der Waals surface area (Å²) >= 11 is 0. The number of carboxylic acid groups (broad SMARTS) is 1. The molecule has 0 unspecified atom stereocenters. The van der Waals surface area contributed by atoms with Gasteiger partial charge in [-0.3, -0.25) is 0 Å². The Morgan fingerprint density at radius 3 is 0.700 bits per heavy atom. The van der Waals surface area contributed by atoms with Crippen LogP contribution in [0.15, 0.2) is 0 Å². The fourth-order valence-corrected chi connectivity index (χ4v) is 7.61. The summed E-state index contributed by atoms with van der Waals surface area (Å²) in [5.74, 6) is -0.896. The molecule has 3 nitrogen and oxygen atoms in total. The maximum atomic E-state index is 10.9. The van der Waals surface area contributed by atoms with E-state index in [0.29, 0.717) is 0 Å². The van der Waals surface area contributed by atoms with Crippen molar-refractivity contribution in [1.29, 1.82) is 0 Å². The predicted molar refractivity (Wildman–Crippen MR) is 217 cm³/mol. The van der Waals surface area contributed by atoms with E-state index in [9.17, 15) is 9.90 Å². The van der Waals surface area contributed by atoms with E-state index >= 15 is 0 Å². The van der Waals surface area contributed by atoms with Gasteiger partial charge >= 0.3 is 51.4 Å². The second-order valence-electron chi connectivity index (χ2n) is 16.0. The molecule has 294 valence electrons. The van der Waals surface area contributed by atoms with Gasteiger partial charge in [0.15, 0.2) is 0 Å². The van der Waals surface area contributed by atoms with Crippen LogP contribution in [0.4, 0.5) is 0 Å². The molecule has 4 heteroatoms. The van der Waals surface area contributed by atoms with Crippen LogP contribution >= 0.6 is 0 Å². The molecule has 0 amide bonds. The Balaban J connectivity index is 0. The molecule has 0 heterocycles. The average molecular weight is 730 g/mol. The van der Waals surface area contributed by atoms with Crippen molar-refractivity contribution < 1.29 is 61.3 Å². The van der Waals surface area contributed by atoms with Crippen molar-refractivity contribution in [2.45, 2.75) is 271 Å². The fraction of sp³-hybridized carbons (Fsp3) is 0.978. The summed E-state index contributed by atoms with van der Waals surface area (Å²) < 4.78 is 0. The molecule has 0 aromatic heterocycles. The van der Waals surface area contributed by atoms with E-state index in [-0.39, 0.29) is 57.8 Å². The predicted octanol–water partition coefficient (Wildman–Crippen LogP) is 11.7. The fourth-order valence-electron chi connectivity index (χ4n) is 7.61. The van der Waals surface area contributed by atoms with Gasteiger partial charge in [-0.1, -0.05) is 245 Å². The zero-order valence-electron chi connectivity index (χ0n) is 35.2. The molecular weight excluding hydrogens is 638 g/mol. The first-order valence-electron chi connectivity index (χ1n) is 23.1. The van der Waals surface area contributed by atoms with Gasteiger partial charge in [0, 0.05) is 5.97 Å². The quantitative estimate of drug-likeness (QED) is 0.0463. The largest absolute Gasteiger partial charge is 1.00 e. The number of nitrogens with zero attached hydrogens (tertiary/aromatic N) is 1. The molecule has 0 aliphatic carbocycles. The van der Waals surface area contributed by atoms with Crippen molar-refractivity contribution in [1.82, 2.24) is 4.90 Å². The molecule has 0 bridgehead atoms. The number of unbranched alkanes of at least 4 members (excludes halogenated alkanes) is 36. The van der Waals surface area contributed by atoms with Crippen LogP contribution in [0.3, 0.4) is 0 Å². The molecule has 0 fully saturated rings. The summed E-state index contributed by atoms with van der Waals surface area (Å²) in [6.45, 7) is 7.81. The van der Waals surface area contributed by atoms with Gasteiger partial charge in [0.25, 0.3) is 0 Å². The van der Waals surface area contributed by atoms with E-state index in [4.69, 9.17) is 0 Å². The summed E-state index contributed by atoms with van der Waals surface area (Å²) in [6, 6.07) is 0. The van der Waals surface area contributed by atoms with Crippen molar-refractivity contribution in [2.75, 3.05) is 19.6 Å². The molecule has 0 atom stereocenters. The molecule has 0 saturated carbocycles. The summed E-state index contributed by atoms with van der Waals surface area (Å²) in [6.07, 6.45) is 54.8. The minimum absolute atomic E-state index is 0. The van der Waals surface area contributed by atoms with Crippen LogP contribution < -0.4 is 56.5 Å². The smallest absolute Gasteiger partial charge is 0.550 e. The van der Waals surface area contributed by atoms with Gasteiger partial charge in [0.1, 0.15) is 0 Å². The van der Waals surface area contributed by atoms with Crippen molar-refractivity contribution in [3.05, 3.63) is 0 Å². The van der Waals surface area contributed by atoms with E-state index in [1.54, 1.807) is 0 Å². The third kappa shape index (κ3) is 47.1. The summed E-state index contributed by atoms with van der Waals surface area (Å²) in [7, 11) is 0. The van der Waals surface area contributed by atoms with Crippen molar-refractivity contribution in [3.63, 3.8) is 0 Å². The van der Waals surface area contributed by atoms with Crippen LogP contribution in [0.25, 0.3) is 0 Å². The molecule has 0 saturated heterocycles. The number of carbonyl (C=O) groups is 1. The average Bonchev–Trinajstić information content (AvgIpc) is 3.09. The van der Waals surface area contributed by atoms with Crippen molar-refractivity contribution in [3.8, 4) is 0 Å². The van der Waals surface area contributed by atoms with E-state index < -0.39 is 5.97 Å². The summed E-state index contributed by atoms with van der Waals surface area (Å²) in [5, 5.41) is 10.9. The summed E-state index contributed by atoms with van der Waals surface area (Å²) in [4.78, 5) is 13.5. The maximum Gasteiger partial charge on any atom is 1.00 e. The number of hydrogen-bond acceptors (Lipinski definition) is 3. The van der Waals surface area contributed by atoms with E-state index in [1.807, 2.05) is 0 Å². The first-order chi connectivity index (χ1) is 24.2. The number of carbonyl (C=O) groups excluding carboxylic acids is 1. The summed E-state index contributed by atoms with van der Waals surface area (Å²) in [5.41, 5.74) is 0. The Kier molecular flexibility index (Phi) is 51.1. The number of carboxylic acids is 1. The van der Waals surface area contributed by atoms with Crippen LogP contribution in [-0.4, -0.2) is 30.5 Å². The minimum atomic E-state index is -0.896. The van der Waals surface area contributed by atoms with Crippen LogP contribution in [0.2, 0.25) is 0 Å². The van der Waals surface area contributed by atoms with Crippen molar-refractivity contribution >= 4 is 5.97 Å².